The van der Waals surface area contributed by atoms with E-state index in [1.54, 1.807) is 30.5 Å². The number of hydrazone groups is 1. The average Bonchev–Trinajstić information content (AvgIpc) is 2.48. The monoisotopic (exact) mass is 283 g/mol. The molecule has 0 radical (unpaired) electrons. The maximum absolute atomic E-state index is 10.9. The van der Waals surface area contributed by atoms with Crippen molar-refractivity contribution in [2.75, 3.05) is 24.4 Å². The number of anilines is 2. The first-order chi connectivity index (χ1) is 10.1. The van der Waals surface area contributed by atoms with Crippen LogP contribution >= 0.6 is 0 Å². The zero-order chi connectivity index (χ0) is 15.2. The molecule has 0 bridgehead atoms. The van der Waals surface area contributed by atoms with Gasteiger partial charge in [-0.25, -0.2) is 4.79 Å². The van der Waals surface area contributed by atoms with E-state index in [1.165, 1.54) is 0 Å². The Hall–Kier alpha value is -2.82. The summed E-state index contributed by atoms with van der Waals surface area (Å²) in [7, 11) is 3.96. The lowest BCUT2D eigenvalue weighted by atomic mass is 10.1. The lowest BCUT2D eigenvalue weighted by molar-refractivity contribution is 0.0697. The van der Waals surface area contributed by atoms with Gasteiger partial charge < -0.3 is 10.0 Å². The Morgan fingerprint density at radius 2 is 1.90 bits per heavy atom. The highest BCUT2D eigenvalue weighted by Gasteiger charge is 2.01. The van der Waals surface area contributed by atoms with E-state index in [2.05, 4.69) is 10.5 Å². The van der Waals surface area contributed by atoms with Crippen molar-refractivity contribution >= 4 is 23.6 Å². The summed E-state index contributed by atoms with van der Waals surface area (Å²) in [6.07, 6.45) is 1.59. The van der Waals surface area contributed by atoms with Crippen molar-refractivity contribution in [2.24, 2.45) is 5.10 Å². The predicted octanol–water partition coefficient (Wildman–Crippen LogP) is 2.90. The highest BCUT2D eigenvalue weighted by Crippen LogP contribution is 2.15. The van der Waals surface area contributed by atoms with Crippen molar-refractivity contribution in [3.8, 4) is 0 Å². The van der Waals surface area contributed by atoms with Gasteiger partial charge in [-0.05, 0) is 42.0 Å². The summed E-state index contributed by atoms with van der Waals surface area (Å²) >= 11 is 0. The number of aromatic carboxylic acids is 1. The number of hydrogen-bond acceptors (Lipinski definition) is 4. The molecule has 0 aliphatic heterocycles. The molecule has 0 spiro atoms. The lowest BCUT2D eigenvalue weighted by Gasteiger charge is -2.12. The fourth-order valence-corrected chi connectivity index (χ4v) is 1.77. The highest BCUT2D eigenvalue weighted by molar-refractivity contribution is 5.91. The van der Waals surface area contributed by atoms with Crippen molar-refractivity contribution in [2.45, 2.75) is 0 Å². The first kappa shape index (κ1) is 14.6. The van der Waals surface area contributed by atoms with Gasteiger partial charge >= 0.3 is 5.97 Å². The predicted molar refractivity (Wildman–Crippen MR) is 85.4 cm³/mol. The van der Waals surface area contributed by atoms with Crippen LogP contribution in [0, 0.1) is 0 Å². The molecule has 2 aromatic carbocycles. The van der Waals surface area contributed by atoms with Gasteiger partial charge in [0.25, 0.3) is 0 Å². The molecule has 0 aromatic heterocycles. The SMILES string of the molecule is CN(C)c1ccc(N/N=C\c2cccc(C(=O)O)c2)cc1. The number of benzene rings is 2. The number of rotatable bonds is 5. The van der Waals surface area contributed by atoms with Crippen molar-refractivity contribution in [3.63, 3.8) is 0 Å². The third kappa shape index (κ3) is 4.07. The molecule has 0 amide bonds. The Kier molecular flexibility index (Phi) is 4.56. The summed E-state index contributed by atoms with van der Waals surface area (Å²) in [5.74, 6) is -0.947. The Morgan fingerprint density at radius 1 is 1.19 bits per heavy atom. The fraction of sp³-hybridized carbons (Fsp3) is 0.125. The molecular formula is C16H17N3O2. The lowest BCUT2D eigenvalue weighted by Crippen LogP contribution is -2.08. The van der Waals surface area contributed by atoms with Crippen LogP contribution in [-0.4, -0.2) is 31.4 Å². The van der Waals surface area contributed by atoms with E-state index in [-0.39, 0.29) is 5.56 Å². The maximum atomic E-state index is 10.9. The molecule has 5 heteroatoms. The minimum absolute atomic E-state index is 0.245. The second-order valence-electron chi connectivity index (χ2n) is 4.74. The minimum Gasteiger partial charge on any atom is -0.478 e. The van der Waals surface area contributed by atoms with E-state index in [0.29, 0.717) is 0 Å². The van der Waals surface area contributed by atoms with Crippen LogP contribution in [0.5, 0.6) is 0 Å². The molecule has 2 N–H and O–H groups in total. The molecule has 0 atom stereocenters. The molecule has 21 heavy (non-hydrogen) atoms. The summed E-state index contributed by atoms with van der Waals surface area (Å²) in [4.78, 5) is 12.9. The Labute approximate surface area is 123 Å². The summed E-state index contributed by atoms with van der Waals surface area (Å²) in [5.41, 5.74) is 5.86. The van der Waals surface area contributed by atoms with Gasteiger partial charge in [0.2, 0.25) is 0 Å². The van der Waals surface area contributed by atoms with Crippen LogP contribution in [-0.2, 0) is 0 Å². The minimum atomic E-state index is -0.947. The van der Waals surface area contributed by atoms with Crippen molar-refractivity contribution in [3.05, 3.63) is 59.7 Å². The van der Waals surface area contributed by atoms with Crippen molar-refractivity contribution < 1.29 is 9.90 Å². The van der Waals surface area contributed by atoms with Gasteiger partial charge in [0.15, 0.2) is 0 Å². The van der Waals surface area contributed by atoms with Crippen LogP contribution in [0.15, 0.2) is 53.6 Å². The summed E-state index contributed by atoms with van der Waals surface area (Å²) in [5, 5.41) is 13.0. The zero-order valence-electron chi connectivity index (χ0n) is 11.9. The van der Waals surface area contributed by atoms with E-state index in [1.807, 2.05) is 43.3 Å². The summed E-state index contributed by atoms with van der Waals surface area (Å²) < 4.78 is 0. The largest absolute Gasteiger partial charge is 0.478 e. The standard InChI is InChI=1S/C16H17N3O2/c1-19(2)15-8-6-14(7-9-15)18-17-11-12-4-3-5-13(10-12)16(20)21/h3-11,18H,1-2H3,(H,20,21)/b17-11-. The second kappa shape index (κ2) is 6.56. The quantitative estimate of drug-likeness (QED) is 0.654. The van der Waals surface area contributed by atoms with Crippen molar-refractivity contribution in [1.29, 1.82) is 0 Å². The molecule has 5 nitrogen and oxygen atoms in total. The van der Waals surface area contributed by atoms with Crippen molar-refractivity contribution in [1.82, 2.24) is 0 Å². The molecule has 2 aromatic rings. The Balaban J connectivity index is 2.02. The van der Waals surface area contributed by atoms with Gasteiger partial charge in [0, 0.05) is 19.8 Å². The zero-order valence-corrected chi connectivity index (χ0v) is 11.9. The third-order valence-corrected chi connectivity index (χ3v) is 2.92. The fourth-order valence-electron chi connectivity index (χ4n) is 1.77. The van der Waals surface area contributed by atoms with Gasteiger partial charge in [-0.15, -0.1) is 0 Å². The van der Waals surface area contributed by atoms with E-state index in [9.17, 15) is 4.79 Å². The van der Waals surface area contributed by atoms with E-state index >= 15 is 0 Å². The van der Waals surface area contributed by atoms with E-state index in [0.717, 1.165) is 16.9 Å². The number of hydrogen-bond donors (Lipinski definition) is 2. The van der Waals surface area contributed by atoms with Crippen LogP contribution in [0.3, 0.4) is 0 Å². The Bertz CT molecular complexity index is 649. The summed E-state index contributed by atoms with van der Waals surface area (Å²) in [6, 6.07) is 14.5. The molecule has 0 saturated carbocycles. The van der Waals surface area contributed by atoms with Gasteiger partial charge in [-0.2, -0.15) is 5.10 Å². The first-order valence-electron chi connectivity index (χ1n) is 6.46. The Morgan fingerprint density at radius 3 is 2.52 bits per heavy atom. The van der Waals surface area contributed by atoms with Gasteiger partial charge in [-0.3, -0.25) is 5.43 Å². The number of carbonyl (C=O) groups is 1. The molecule has 0 fully saturated rings. The number of carboxylic acid groups (broad SMARTS) is 1. The normalized spacial score (nSPS) is 10.6. The van der Waals surface area contributed by atoms with Crippen LogP contribution in [0.2, 0.25) is 0 Å². The molecule has 0 heterocycles. The first-order valence-corrected chi connectivity index (χ1v) is 6.46. The number of nitrogens with one attached hydrogen (secondary N) is 1. The smallest absolute Gasteiger partial charge is 0.335 e. The molecular weight excluding hydrogens is 266 g/mol. The van der Waals surface area contributed by atoms with Crippen LogP contribution in [0.25, 0.3) is 0 Å². The molecule has 0 unspecified atom stereocenters. The average molecular weight is 283 g/mol. The third-order valence-electron chi connectivity index (χ3n) is 2.92. The van der Waals surface area contributed by atoms with Crippen LogP contribution < -0.4 is 10.3 Å². The van der Waals surface area contributed by atoms with Gasteiger partial charge in [-0.1, -0.05) is 12.1 Å². The topological polar surface area (TPSA) is 64.9 Å². The highest BCUT2D eigenvalue weighted by atomic mass is 16.4. The molecule has 0 saturated heterocycles. The van der Waals surface area contributed by atoms with Gasteiger partial charge in [0.05, 0.1) is 17.5 Å². The van der Waals surface area contributed by atoms with Gasteiger partial charge in [0.1, 0.15) is 0 Å². The van der Waals surface area contributed by atoms with Crippen LogP contribution in [0.1, 0.15) is 15.9 Å². The molecule has 0 aliphatic carbocycles. The molecule has 108 valence electrons. The van der Waals surface area contributed by atoms with E-state index in [4.69, 9.17) is 5.11 Å². The second-order valence-corrected chi connectivity index (χ2v) is 4.74. The van der Waals surface area contributed by atoms with Crippen LogP contribution in [0.4, 0.5) is 11.4 Å². The maximum Gasteiger partial charge on any atom is 0.335 e. The summed E-state index contributed by atoms with van der Waals surface area (Å²) in [6.45, 7) is 0. The number of carboxylic acids is 1. The van der Waals surface area contributed by atoms with E-state index < -0.39 is 5.97 Å². The molecule has 0 aliphatic rings. The number of nitrogens with zero attached hydrogens (tertiary/aromatic N) is 2. The molecule has 2 rings (SSSR count).